The van der Waals surface area contributed by atoms with E-state index in [0.29, 0.717) is 12.2 Å². The maximum atomic E-state index is 13.0. The van der Waals surface area contributed by atoms with Gasteiger partial charge < -0.3 is 9.88 Å². The van der Waals surface area contributed by atoms with Gasteiger partial charge in [-0.1, -0.05) is 18.2 Å². The predicted octanol–water partition coefficient (Wildman–Crippen LogP) is 2.87. The molecule has 0 fully saturated rings. The summed E-state index contributed by atoms with van der Waals surface area (Å²) in [7, 11) is 3.87. The molecule has 3 aromatic heterocycles. The highest BCUT2D eigenvalue weighted by Gasteiger charge is 2.21. The first-order valence-corrected chi connectivity index (χ1v) is 11.1. The van der Waals surface area contributed by atoms with Crippen molar-refractivity contribution in [2.24, 2.45) is 14.1 Å². The Labute approximate surface area is 185 Å². The number of carbonyl (C=O) groups is 1. The van der Waals surface area contributed by atoms with Gasteiger partial charge in [0.05, 0.1) is 30.5 Å². The van der Waals surface area contributed by atoms with Crippen molar-refractivity contribution < 1.29 is 4.79 Å². The number of nitrogens with one attached hydrogen (secondary N) is 1. The molecule has 0 saturated carbocycles. The summed E-state index contributed by atoms with van der Waals surface area (Å²) in [6.07, 6.45) is 3.70. The summed E-state index contributed by atoms with van der Waals surface area (Å²) in [5.41, 5.74) is 5.07. The number of hydrogen-bond donors (Lipinski definition) is 1. The van der Waals surface area contributed by atoms with Gasteiger partial charge in [0, 0.05) is 49.4 Å². The average Bonchev–Trinajstić information content (AvgIpc) is 3.46. The summed E-state index contributed by atoms with van der Waals surface area (Å²) in [5.74, 6) is -0.0756. The zero-order valence-electron chi connectivity index (χ0n) is 17.9. The van der Waals surface area contributed by atoms with Gasteiger partial charge in [-0.3, -0.25) is 14.2 Å². The SMILES string of the molecule is Cc1c(SN2CCn3nccc3C2)cc(C(=O)NCc2cccc3cnn(C)c23)n1C. The molecule has 4 aromatic rings. The fourth-order valence-electron chi connectivity index (χ4n) is 4.09. The third kappa shape index (κ3) is 3.64. The molecule has 1 amide bonds. The van der Waals surface area contributed by atoms with Crippen LogP contribution in [-0.2, 0) is 33.7 Å². The van der Waals surface area contributed by atoms with Crippen LogP contribution >= 0.6 is 11.9 Å². The second kappa shape index (κ2) is 7.90. The van der Waals surface area contributed by atoms with E-state index in [0.717, 1.165) is 46.7 Å². The molecule has 31 heavy (non-hydrogen) atoms. The normalized spacial score (nSPS) is 14.2. The second-order valence-electron chi connectivity index (χ2n) is 7.84. The number of rotatable bonds is 5. The Kier molecular flexibility index (Phi) is 5.07. The molecule has 0 atom stereocenters. The van der Waals surface area contributed by atoms with E-state index in [4.69, 9.17) is 0 Å². The quantitative estimate of drug-likeness (QED) is 0.488. The third-order valence-corrected chi connectivity index (χ3v) is 7.12. The van der Waals surface area contributed by atoms with Crippen LogP contribution in [0.1, 0.15) is 27.4 Å². The Morgan fingerprint density at radius 3 is 2.94 bits per heavy atom. The molecule has 1 N–H and O–H groups in total. The second-order valence-corrected chi connectivity index (χ2v) is 8.98. The molecule has 0 unspecified atom stereocenters. The number of amides is 1. The topological polar surface area (TPSA) is 72.9 Å². The van der Waals surface area contributed by atoms with E-state index in [2.05, 4.69) is 37.5 Å². The minimum Gasteiger partial charge on any atom is -0.347 e. The summed E-state index contributed by atoms with van der Waals surface area (Å²) in [5, 5.41) is 12.8. The Morgan fingerprint density at radius 1 is 1.19 bits per heavy atom. The highest BCUT2D eigenvalue weighted by Crippen LogP contribution is 2.31. The van der Waals surface area contributed by atoms with Gasteiger partial charge in [-0.05, 0) is 36.6 Å². The standard InChI is InChI=1S/C22H25N7OS/c1-15-20(31-28-9-10-29-18(14-28)7-8-24-29)11-19(26(15)2)22(30)23-12-16-5-4-6-17-13-25-27(3)21(16)17/h4-8,11,13H,9-10,12,14H2,1-3H3,(H,23,30). The van der Waals surface area contributed by atoms with Crippen LogP contribution in [-0.4, -0.2) is 40.9 Å². The van der Waals surface area contributed by atoms with Crippen LogP contribution < -0.4 is 5.32 Å². The number of para-hydroxylation sites is 1. The fraction of sp³-hybridized carbons (Fsp3) is 0.318. The smallest absolute Gasteiger partial charge is 0.268 e. The lowest BCUT2D eigenvalue weighted by molar-refractivity contribution is 0.0942. The fourth-order valence-corrected chi connectivity index (χ4v) is 5.17. The first kappa shape index (κ1) is 19.9. The molecule has 160 valence electrons. The van der Waals surface area contributed by atoms with Gasteiger partial charge in [0.25, 0.3) is 5.91 Å². The van der Waals surface area contributed by atoms with E-state index in [9.17, 15) is 4.79 Å². The van der Waals surface area contributed by atoms with Crippen molar-refractivity contribution in [2.75, 3.05) is 6.54 Å². The Morgan fingerprint density at radius 2 is 2.06 bits per heavy atom. The Bertz CT molecular complexity index is 1270. The minimum absolute atomic E-state index is 0.0756. The number of aryl methyl sites for hydroxylation is 1. The minimum atomic E-state index is -0.0756. The lowest BCUT2D eigenvalue weighted by Crippen LogP contribution is -2.28. The third-order valence-electron chi connectivity index (χ3n) is 5.94. The number of hydrogen-bond acceptors (Lipinski definition) is 5. The molecule has 1 aliphatic rings. The molecule has 8 nitrogen and oxygen atoms in total. The molecule has 1 aliphatic heterocycles. The number of benzene rings is 1. The van der Waals surface area contributed by atoms with Gasteiger partial charge in [-0.25, -0.2) is 4.31 Å². The van der Waals surface area contributed by atoms with E-state index in [1.54, 1.807) is 11.9 Å². The van der Waals surface area contributed by atoms with Crippen LogP contribution in [0.3, 0.4) is 0 Å². The molecule has 1 aromatic carbocycles. The Hall–Kier alpha value is -3.04. The van der Waals surface area contributed by atoms with Gasteiger partial charge in [0.1, 0.15) is 5.69 Å². The first-order valence-electron chi connectivity index (χ1n) is 10.3. The van der Waals surface area contributed by atoms with E-state index in [1.165, 1.54) is 5.69 Å². The first-order chi connectivity index (χ1) is 15.0. The van der Waals surface area contributed by atoms with E-state index in [-0.39, 0.29) is 5.91 Å². The van der Waals surface area contributed by atoms with Crippen molar-refractivity contribution >= 4 is 28.8 Å². The molecule has 0 bridgehead atoms. The van der Waals surface area contributed by atoms with Crippen LogP contribution in [0.2, 0.25) is 0 Å². The lowest BCUT2D eigenvalue weighted by atomic mass is 10.1. The molecule has 0 radical (unpaired) electrons. The zero-order valence-corrected chi connectivity index (χ0v) is 18.7. The largest absolute Gasteiger partial charge is 0.347 e. The van der Waals surface area contributed by atoms with Gasteiger partial charge in [-0.15, -0.1) is 0 Å². The molecule has 0 spiro atoms. The maximum absolute atomic E-state index is 13.0. The molecule has 5 rings (SSSR count). The van der Waals surface area contributed by atoms with Crippen molar-refractivity contribution in [1.82, 2.24) is 33.8 Å². The summed E-state index contributed by atoms with van der Waals surface area (Å²) in [4.78, 5) is 14.1. The monoisotopic (exact) mass is 435 g/mol. The average molecular weight is 436 g/mol. The van der Waals surface area contributed by atoms with Crippen molar-refractivity contribution in [1.29, 1.82) is 0 Å². The van der Waals surface area contributed by atoms with Crippen LogP contribution in [0.25, 0.3) is 10.9 Å². The molecule has 0 saturated heterocycles. The number of fused-ring (bicyclic) bond motifs is 2. The summed E-state index contributed by atoms with van der Waals surface area (Å²) < 4.78 is 8.19. The molecule has 9 heteroatoms. The summed E-state index contributed by atoms with van der Waals surface area (Å²) >= 11 is 1.71. The molecule has 4 heterocycles. The number of carbonyl (C=O) groups excluding carboxylic acids is 1. The van der Waals surface area contributed by atoms with Gasteiger partial charge in [0.15, 0.2) is 0 Å². The van der Waals surface area contributed by atoms with Crippen LogP contribution in [0.4, 0.5) is 0 Å². The lowest BCUT2D eigenvalue weighted by Gasteiger charge is -2.26. The Balaban J connectivity index is 1.30. The molecule has 0 aliphatic carbocycles. The van der Waals surface area contributed by atoms with Crippen LogP contribution in [0, 0.1) is 6.92 Å². The van der Waals surface area contributed by atoms with Gasteiger partial charge >= 0.3 is 0 Å². The predicted molar refractivity (Wildman–Crippen MR) is 121 cm³/mol. The van der Waals surface area contributed by atoms with Crippen LogP contribution in [0.5, 0.6) is 0 Å². The van der Waals surface area contributed by atoms with Crippen LogP contribution in [0.15, 0.2) is 47.6 Å². The van der Waals surface area contributed by atoms with E-state index >= 15 is 0 Å². The van der Waals surface area contributed by atoms with E-state index in [1.807, 2.05) is 60.0 Å². The zero-order chi connectivity index (χ0) is 21.5. The summed E-state index contributed by atoms with van der Waals surface area (Å²) in [6.45, 7) is 5.16. The van der Waals surface area contributed by atoms with Crippen molar-refractivity contribution in [3.05, 3.63) is 65.4 Å². The number of aromatic nitrogens is 5. The van der Waals surface area contributed by atoms with Gasteiger partial charge in [0.2, 0.25) is 0 Å². The molecular formula is C22H25N7OS. The van der Waals surface area contributed by atoms with Gasteiger partial charge in [-0.2, -0.15) is 10.2 Å². The van der Waals surface area contributed by atoms with Crippen molar-refractivity contribution in [3.8, 4) is 0 Å². The van der Waals surface area contributed by atoms with Crippen molar-refractivity contribution in [2.45, 2.75) is 31.5 Å². The van der Waals surface area contributed by atoms with Crippen molar-refractivity contribution in [3.63, 3.8) is 0 Å². The number of nitrogens with zero attached hydrogens (tertiary/aromatic N) is 6. The highest BCUT2D eigenvalue weighted by atomic mass is 32.2. The highest BCUT2D eigenvalue weighted by molar-refractivity contribution is 7.97. The van der Waals surface area contributed by atoms with E-state index < -0.39 is 0 Å². The maximum Gasteiger partial charge on any atom is 0.268 e. The molecular weight excluding hydrogens is 410 g/mol. The summed E-state index contributed by atoms with van der Waals surface area (Å²) in [6, 6.07) is 10.1.